The molecular weight excluding hydrogens is 260 g/mol. The second-order valence-corrected chi connectivity index (χ2v) is 5.50. The number of fused-ring (bicyclic) bond motifs is 1. The molecule has 1 fully saturated rings. The molecule has 3 rings (SSSR count). The lowest BCUT2D eigenvalue weighted by Crippen LogP contribution is -2.48. The Hall–Kier alpha value is -1.89. The van der Waals surface area contributed by atoms with Crippen LogP contribution >= 0.6 is 0 Å². The predicted molar refractivity (Wildman–Crippen MR) is 69.9 cm³/mol. The number of carbonyl (C=O) groups excluding carboxylic acids is 1. The topological polar surface area (TPSA) is 98.3 Å². The van der Waals surface area contributed by atoms with Gasteiger partial charge in [-0.15, -0.1) is 0 Å². The summed E-state index contributed by atoms with van der Waals surface area (Å²) in [6.07, 6.45) is 3.17. The first-order valence-electron chi connectivity index (χ1n) is 6.88. The summed E-state index contributed by atoms with van der Waals surface area (Å²) in [5.41, 5.74) is 1.99. The van der Waals surface area contributed by atoms with Crippen LogP contribution in [0.25, 0.3) is 0 Å². The van der Waals surface area contributed by atoms with Gasteiger partial charge >= 0.3 is 5.97 Å². The second-order valence-electron chi connectivity index (χ2n) is 5.50. The van der Waals surface area contributed by atoms with Gasteiger partial charge in [0, 0.05) is 32.5 Å². The third kappa shape index (κ3) is 2.53. The number of nitrogens with zero attached hydrogens (tertiary/aromatic N) is 2. The third-order valence-corrected chi connectivity index (χ3v) is 4.09. The SMILES string of the molecule is O=C(O)CC1CCN(C(=O)C2Cc3nc[nH]c3CN2)C1. The zero-order chi connectivity index (χ0) is 14.1. The van der Waals surface area contributed by atoms with E-state index < -0.39 is 5.97 Å². The fourth-order valence-corrected chi connectivity index (χ4v) is 3.01. The van der Waals surface area contributed by atoms with Crippen molar-refractivity contribution < 1.29 is 14.7 Å². The van der Waals surface area contributed by atoms with E-state index in [2.05, 4.69) is 15.3 Å². The van der Waals surface area contributed by atoms with E-state index in [1.807, 2.05) is 0 Å². The zero-order valence-corrected chi connectivity index (χ0v) is 11.1. The summed E-state index contributed by atoms with van der Waals surface area (Å²) in [5, 5.41) is 12.0. The van der Waals surface area contributed by atoms with Gasteiger partial charge in [-0.1, -0.05) is 0 Å². The van der Waals surface area contributed by atoms with Gasteiger partial charge in [-0.25, -0.2) is 4.98 Å². The number of rotatable bonds is 3. The maximum absolute atomic E-state index is 12.4. The summed E-state index contributed by atoms with van der Waals surface area (Å²) in [7, 11) is 0. The first-order valence-corrected chi connectivity index (χ1v) is 6.88. The van der Waals surface area contributed by atoms with Crippen LogP contribution in [0.2, 0.25) is 0 Å². The van der Waals surface area contributed by atoms with Gasteiger partial charge < -0.3 is 15.0 Å². The Morgan fingerprint density at radius 2 is 2.35 bits per heavy atom. The van der Waals surface area contributed by atoms with Crippen LogP contribution in [0.15, 0.2) is 6.33 Å². The number of nitrogens with one attached hydrogen (secondary N) is 2. The van der Waals surface area contributed by atoms with E-state index in [4.69, 9.17) is 5.11 Å². The molecule has 7 heteroatoms. The molecule has 0 radical (unpaired) electrons. The van der Waals surface area contributed by atoms with Crippen molar-refractivity contribution in [1.29, 1.82) is 0 Å². The molecule has 0 saturated carbocycles. The molecule has 2 atom stereocenters. The van der Waals surface area contributed by atoms with Crippen molar-refractivity contribution in [3.05, 3.63) is 17.7 Å². The number of aromatic nitrogens is 2. The highest BCUT2D eigenvalue weighted by Crippen LogP contribution is 2.22. The number of carboxylic acid groups (broad SMARTS) is 1. The fourth-order valence-electron chi connectivity index (χ4n) is 3.01. The lowest BCUT2D eigenvalue weighted by atomic mass is 10.0. The Kier molecular flexibility index (Phi) is 3.43. The van der Waals surface area contributed by atoms with E-state index in [0.717, 1.165) is 17.8 Å². The predicted octanol–water partition coefficient (Wildman–Crippen LogP) is -0.253. The summed E-state index contributed by atoms with van der Waals surface area (Å²) in [4.78, 5) is 32.2. The first-order chi connectivity index (χ1) is 9.63. The lowest BCUT2D eigenvalue weighted by molar-refractivity contribution is -0.138. The monoisotopic (exact) mass is 278 g/mol. The summed E-state index contributed by atoms with van der Waals surface area (Å²) in [6, 6.07) is -0.241. The smallest absolute Gasteiger partial charge is 0.303 e. The Morgan fingerprint density at radius 1 is 1.50 bits per heavy atom. The van der Waals surface area contributed by atoms with Crippen LogP contribution < -0.4 is 5.32 Å². The molecule has 0 aromatic carbocycles. The van der Waals surface area contributed by atoms with Gasteiger partial charge in [0.15, 0.2) is 0 Å². The Bertz CT molecular complexity index is 527. The molecule has 108 valence electrons. The van der Waals surface area contributed by atoms with Crippen LogP contribution in [0, 0.1) is 5.92 Å². The highest BCUT2D eigenvalue weighted by atomic mass is 16.4. The summed E-state index contributed by atoms with van der Waals surface area (Å²) in [6.45, 7) is 1.83. The number of imidazole rings is 1. The van der Waals surface area contributed by atoms with Gasteiger partial charge in [-0.2, -0.15) is 0 Å². The van der Waals surface area contributed by atoms with Gasteiger partial charge in [-0.3, -0.25) is 14.9 Å². The van der Waals surface area contributed by atoms with E-state index in [0.29, 0.717) is 26.1 Å². The van der Waals surface area contributed by atoms with Crippen LogP contribution in [-0.4, -0.2) is 51.0 Å². The minimum absolute atomic E-state index is 0.0616. The van der Waals surface area contributed by atoms with E-state index in [1.165, 1.54) is 0 Å². The summed E-state index contributed by atoms with van der Waals surface area (Å²) in [5.74, 6) is -0.645. The van der Waals surface area contributed by atoms with Crippen molar-refractivity contribution in [3.63, 3.8) is 0 Å². The molecule has 2 aliphatic heterocycles. The molecule has 1 amide bonds. The lowest BCUT2D eigenvalue weighted by Gasteiger charge is -2.27. The number of amides is 1. The number of carboxylic acids is 1. The molecule has 1 aromatic rings. The maximum atomic E-state index is 12.4. The van der Waals surface area contributed by atoms with Crippen LogP contribution in [0.3, 0.4) is 0 Å². The van der Waals surface area contributed by atoms with Crippen molar-refractivity contribution in [3.8, 4) is 0 Å². The molecule has 7 nitrogen and oxygen atoms in total. The number of H-pyrrole nitrogens is 1. The summed E-state index contributed by atoms with van der Waals surface area (Å²) >= 11 is 0. The largest absolute Gasteiger partial charge is 0.481 e. The molecule has 2 unspecified atom stereocenters. The van der Waals surface area contributed by atoms with Gasteiger partial charge in [0.2, 0.25) is 5.91 Å². The van der Waals surface area contributed by atoms with Crippen molar-refractivity contribution >= 4 is 11.9 Å². The third-order valence-electron chi connectivity index (χ3n) is 4.09. The average molecular weight is 278 g/mol. The van der Waals surface area contributed by atoms with Gasteiger partial charge in [-0.05, 0) is 12.3 Å². The van der Waals surface area contributed by atoms with Crippen LogP contribution in [-0.2, 0) is 22.6 Å². The molecule has 3 N–H and O–H groups in total. The van der Waals surface area contributed by atoms with Gasteiger partial charge in [0.25, 0.3) is 0 Å². The van der Waals surface area contributed by atoms with Crippen LogP contribution in [0.1, 0.15) is 24.2 Å². The zero-order valence-electron chi connectivity index (χ0n) is 11.1. The average Bonchev–Trinajstić information content (AvgIpc) is 3.04. The van der Waals surface area contributed by atoms with Crippen molar-refractivity contribution in [2.24, 2.45) is 5.92 Å². The van der Waals surface area contributed by atoms with E-state index in [1.54, 1.807) is 11.2 Å². The first kappa shape index (κ1) is 13.1. The standard InChI is InChI=1S/C13H18N4O3/c18-12(19)3-8-1-2-17(6-8)13(20)10-4-9-11(5-14-10)16-7-15-9/h7-8,10,14H,1-6H2,(H,15,16)(H,18,19). The van der Waals surface area contributed by atoms with Gasteiger partial charge in [0.1, 0.15) is 0 Å². The van der Waals surface area contributed by atoms with E-state index >= 15 is 0 Å². The quantitative estimate of drug-likeness (QED) is 0.708. The molecule has 3 heterocycles. The molecule has 1 aromatic heterocycles. The molecule has 0 bridgehead atoms. The molecule has 0 spiro atoms. The number of carbonyl (C=O) groups is 2. The number of likely N-dealkylation sites (tertiary alicyclic amines) is 1. The Labute approximate surface area is 116 Å². The Morgan fingerprint density at radius 3 is 3.15 bits per heavy atom. The normalized spacial score (nSPS) is 25.5. The fraction of sp³-hybridized carbons (Fsp3) is 0.615. The number of aliphatic carboxylic acids is 1. The van der Waals surface area contributed by atoms with E-state index in [9.17, 15) is 9.59 Å². The summed E-state index contributed by atoms with van der Waals surface area (Å²) < 4.78 is 0. The minimum atomic E-state index is -0.791. The molecule has 20 heavy (non-hydrogen) atoms. The van der Waals surface area contributed by atoms with Crippen molar-refractivity contribution in [2.45, 2.75) is 31.8 Å². The highest BCUT2D eigenvalue weighted by molar-refractivity contribution is 5.82. The molecule has 0 aliphatic carbocycles. The molecule has 1 saturated heterocycles. The van der Waals surface area contributed by atoms with Crippen LogP contribution in [0.5, 0.6) is 0 Å². The number of aromatic amines is 1. The van der Waals surface area contributed by atoms with Crippen molar-refractivity contribution in [2.75, 3.05) is 13.1 Å². The maximum Gasteiger partial charge on any atom is 0.303 e. The van der Waals surface area contributed by atoms with E-state index in [-0.39, 0.29) is 24.3 Å². The highest BCUT2D eigenvalue weighted by Gasteiger charge is 2.33. The Balaban J connectivity index is 1.59. The molecular formula is C13H18N4O3. The second kappa shape index (κ2) is 5.24. The van der Waals surface area contributed by atoms with Gasteiger partial charge in [0.05, 0.1) is 23.8 Å². The minimum Gasteiger partial charge on any atom is -0.481 e. The molecule has 2 aliphatic rings. The van der Waals surface area contributed by atoms with Crippen molar-refractivity contribution in [1.82, 2.24) is 20.2 Å². The number of hydrogen-bond donors (Lipinski definition) is 3. The van der Waals surface area contributed by atoms with Crippen LogP contribution in [0.4, 0.5) is 0 Å². The number of hydrogen-bond acceptors (Lipinski definition) is 4.